The van der Waals surface area contributed by atoms with Gasteiger partial charge in [0.1, 0.15) is 6.10 Å². The molecule has 0 saturated carbocycles. The van der Waals surface area contributed by atoms with E-state index in [9.17, 15) is 13.9 Å². The van der Waals surface area contributed by atoms with Gasteiger partial charge < -0.3 is 5.11 Å². The normalized spacial score (nSPS) is 12.7. The van der Waals surface area contributed by atoms with E-state index in [0.717, 1.165) is 16.7 Å². The van der Waals surface area contributed by atoms with Crippen molar-refractivity contribution in [1.82, 2.24) is 0 Å². The van der Waals surface area contributed by atoms with Crippen molar-refractivity contribution in [1.29, 1.82) is 0 Å². The van der Waals surface area contributed by atoms with E-state index >= 15 is 0 Å². The average molecular weight is 262 g/mol. The van der Waals surface area contributed by atoms with Gasteiger partial charge in [-0.3, -0.25) is 0 Å². The van der Waals surface area contributed by atoms with Crippen molar-refractivity contribution < 1.29 is 13.9 Å². The van der Waals surface area contributed by atoms with Crippen molar-refractivity contribution in [2.75, 3.05) is 0 Å². The lowest BCUT2D eigenvalue weighted by Gasteiger charge is -2.15. The van der Waals surface area contributed by atoms with Crippen molar-refractivity contribution in [3.05, 3.63) is 70.3 Å². The fourth-order valence-electron chi connectivity index (χ4n) is 2.14. The molecule has 2 rings (SSSR count). The summed E-state index contributed by atoms with van der Waals surface area (Å²) in [6.45, 7) is 3.92. The van der Waals surface area contributed by atoms with Gasteiger partial charge >= 0.3 is 0 Å². The first-order chi connectivity index (χ1) is 8.99. The fraction of sp³-hybridized carbons (Fsp3) is 0.250. The van der Waals surface area contributed by atoms with E-state index in [2.05, 4.69) is 0 Å². The predicted octanol–water partition coefficient (Wildman–Crippen LogP) is 4.32. The van der Waals surface area contributed by atoms with Crippen LogP contribution in [-0.2, 0) is 0 Å². The quantitative estimate of drug-likeness (QED) is 0.873. The molecule has 0 aliphatic rings. The summed E-state index contributed by atoms with van der Waals surface area (Å²) >= 11 is 0. The second kappa shape index (κ2) is 5.49. The van der Waals surface area contributed by atoms with Crippen molar-refractivity contribution in [2.24, 2.45) is 0 Å². The summed E-state index contributed by atoms with van der Waals surface area (Å²) in [4.78, 5) is 0. The first kappa shape index (κ1) is 13.7. The van der Waals surface area contributed by atoms with Crippen LogP contribution in [0.1, 0.15) is 40.3 Å². The van der Waals surface area contributed by atoms with E-state index < -0.39 is 12.5 Å². The van der Waals surface area contributed by atoms with Crippen LogP contribution in [0.5, 0.6) is 0 Å². The van der Waals surface area contributed by atoms with E-state index in [-0.39, 0.29) is 5.56 Å². The first-order valence-corrected chi connectivity index (χ1v) is 6.12. The van der Waals surface area contributed by atoms with Gasteiger partial charge in [0, 0.05) is 5.56 Å². The third-order valence-electron chi connectivity index (χ3n) is 3.22. The number of aryl methyl sites for hydroxylation is 2. The molecule has 0 radical (unpaired) electrons. The summed E-state index contributed by atoms with van der Waals surface area (Å²) in [6, 6.07) is 11.6. The Morgan fingerprint density at radius 2 is 1.47 bits per heavy atom. The summed E-state index contributed by atoms with van der Waals surface area (Å²) in [5.74, 6) is 0. The number of halogens is 2. The zero-order valence-electron chi connectivity index (χ0n) is 10.9. The Balaban J connectivity index is 2.30. The maximum atomic E-state index is 12.5. The smallest absolute Gasteiger partial charge is 0.263 e. The van der Waals surface area contributed by atoms with Crippen LogP contribution >= 0.6 is 0 Å². The summed E-state index contributed by atoms with van der Waals surface area (Å²) in [5, 5.41) is 10.3. The Labute approximate surface area is 111 Å². The minimum Gasteiger partial charge on any atom is -0.384 e. The maximum Gasteiger partial charge on any atom is 0.263 e. The SMILES string of the molecule is Cc1ccc(C(O)c2ccc(C(F)F)cc2)c(C)c1. The molecule has 0 aromatic heterocycles. The first-order valence-electron chi connectivity index (χ1n) is 6.12. The monoisotopic (exact) mass is 262 g/mol. The molecular formula is C16H16F2O. The molecule has 0 saturated heterocycles. The van der Waals surface area contributed by atoms with Crippen molar-refractivity contribution in [2.45, 2.75) is 26.4 Å². The highest BCUT2D eigenvalue weighted by molar-refractivity contribution is 5.38. The van der Waals surface area contributed by atoms with Gasteiger partial charge in [0.05, 0.1) is 0 Å². The minimum absolute atomic E-state index is 0.0309. The van der Waals surface area contributed by atoms with E-state index in [0.29, 0.717) is 5.56 Å². The predicted molar refractivity (Wildman–Crippen MR) is 71.4 cm³/mol. The molecule has 0 aliphatic carbocycles. The molecule has 2 aromatic rings. The topological polar surface area (TPSA) is 20.2 Å². The lowest BCUT2D eigenvalue weighted by atomic mass is 9.95. The van der Waals surface area contributed by atoms with E-state index in [1.807, 2.05) is 32.0 Å². The Morgan fingerprint density at radius 1 is 0.895 bits per heavy atom. The molecule has 19 heavy (non-hydrogen) atoms. The largest absolute Gasteiger partial charge is 0.384 e. The second-order valence-corrected chi connectivity index (χ2v) is 4.73. The lowest BCUT2D eigenvalue weighted by molar-refractivity contribution is 0.151. The molecule has 3 heteroatoms. The summed E-state index contributed by atoms with van der Waals surface area (Å²) < 4.78 is 24.9. The summed E-state index contributed by atoms with van der Waals surface area (Å²) in [7, 11) is 0. The highest BCUT2D eigenvalue weighted by Crippen LogP contribution is 2.27. The highest BCUT2D eigenvalue weighted by Gasteiger charge is 2.14. The molecule has 0 bridgehead atoms. The second-order valence-electron chi connectivity index (χ2n) is 4.73. The number of aliphatic hydroxyl groups is 1. The third-order valence-corrected chi connectivity index (χ3v) is 3.22. The van der Waals surface area contributed by atoms with Crippen LogP contribution in [0.25, 0.3) is 0 Å². The molecule has 0 amide bonds. The molecule has 100 valence electrons. The zero-order chi connectivity index (χ0) is 14.0. The van der Waals surface area contributed by atoms with Gasteiger partial charge in [-0.1, -0.05) is 48.0 Å². The highest BCUT2D eigenvalue weighted by atomic mass is 19.3. The third kappa shape index (κ3) is 2.99. The zero-order valence-corrected chi connectivity index (χ0v) is 10.9. The minimum atomic E-state index is -2.48. The number of alkyl halides is 2. The van der Waals surface area contributed by atoms with E-state index in [1.54, 1.807) is 12.1 Å². The van der Waals surface area contributed by atoms with Crippen LogP contribution in [0.15, 0.2) is 42.5 Å². The van der Waals surface area contributed by atoms with Crippen LogP contribution in [0.3, 0.4) is 0 Å². The van der Waals surface area contributed by atoms with Crippen molar-refractivity contribution in [3.63, 3.8) is 0 Å². The standard InChI is InChI=1S/C16H16F2O/c1-10-3-8-14(11(2)9-10)15(19)12-4-6-13(7-5-12)16(17)18/h3-9,15-16,19H,1-2H3. The molecule has 2 aromatic carbocycles. The van der Waals surface area contributed by atoms with Crippen LogP contribution < -0.4 is 0 Å². The number of hydrogen-bond donors (Lipinski definition) is 1. The fourth-order valence-corrected chi connectivity index (χ4v) is 2.14. The number of rotatable bonds is 3. The number of hydrogen-bond acceptors (Lipinski definition) is 1. The van der Waals surface area contributed by atoms with E-state index in [4.69, 9.17) is 0 Å². The Morgan fingerprint density at radius 3 is 2.00 bits per heavy atom. The van der Waals surface area contributed by atoms with Crippen molar-refractivity contribution >= 4 is 0 Å². The Bertz CT molecular complexity index is 561. The molecule has 0 fully saturated rings. The van der Waals surface area contributed by atoms with Gasteiger partial charge in [-0.2, -0.15) is 0 Å². The van der Waals surface area contributed by atoms with Gasteiger partial charge in [-0.15, -0.1) is 0 Å². The van der Waals surface area contributed by atoms with Crippen LogP contribution in [0.4, 0.5) is 8.78 Å². The van der Waals surface area contributed by atoms with Gasteiger partial charge in [0.15, 0.2) is 0 Å². The van der Waals surface area contributed by atoms with Gasteiger partial charge in [-0.25, -0.2) is 8.78 Å². The van der Waals surface area contributed by atoms with E-state index in [1.165, 1.54) is 12.1 Å². The molecule has 1 N–H and O–H groups in total. The molecular weight excluding hydrogens is 246 g/mol. The molecule has 0 spiro atoms. The van der Waals surface area contributed by atoms with Crippen LogP contribution in [0.2, 0.25) is 0 Å². The van der Waals surface area contributed by atoms with Gasteiger partial charge in [-0.05, 0) is 30.5 Å². The molecule has 0 heterocycles. The molecule has 0 aliphatic heterocycles. The number of benzene rings is 2. The van der Waals surface area contributed by atoms with Gasteiger partial charge in [0.2, 0.25) is 0 Å². The molecule has 1 nitrogen and oxygen atoms in total. The number of aliphatic hydroxyl groups excluding tert-OH is 1. The molecule has 1 atom stereocenters. The van der Waals surface area contributed by atoms with Crippen molar-refractivity contribution in [3.8, 4) is 0 Å². The van der Waals surface area contributed by atoms with Crippen LogP contribution in [-0.4, -0.2) is 5.11 Å². The average Bonchev–Trinajstić information content (AvgIpc) is 2.38. The Hall–Kier alpha value is -1.74. The Kier molecular flexibility index (Phi) is 3.96. The van der Waals surface area contributed by atoms with Gasteiger partial charge in [0.25, 0.3) is 6.43 Å². The summed E-state index contributed by atoms with van der Waals surface area (Å²) in [5.41, 5.74) is 3.51. The lowest BCUT2D eigenvalue weighted by Crippen LogP contribution is -2.02. The summed E-state index contributed by atoms with van der Waals surface area (Å²) in [6.07, 6.45) is -3.26. The maximum absolute atomic E-state index is 12.5. The van der Waals surface area contributed by atoms with Crippen LogP contribution in [0, 0.1) is 13.8 Å². The molecule has 1 unspecified atom stereocenters.